The lowest BCUT2D eigenvalue weighted by atomic mass is 10.2. The van der Waals surface area contributed by atoms with Gasteiger partial charge in [0.25, 0.3) is 0 Å². The van der Waals surface area contributed by atoms with Crippen molar-refractivity contribution < 1.29 is 0 Å². The first-order valence-electron chi connectivity index (χ1n) is 4.35. The maximum absolute atomic E-state index is 4.36. The van der Waals surface area contributed by atoms with Crippen molar-refractivity contribution in [1.82, 2.24) is 4.98 Å². The number of rotatable bonds is 2. The molecule has 1 heterocycles. The van der Waals surface area contributed by atoms with Crippen LogP contribution in [0, 0.1) is 13.8 Å². The van der Waals surface area contributed by atoms with Gasteiger partial charge in [0.15, 0.2) is 0 Å². The number of anilines is 1. The Morgan fingerprint density at radius 1 is 1.46 bits per heavy atom. The van der Waals surface area contributed by atoms with Crippen molar-refractivity contribution in [1.29, 1.82) is 0 Å². The van der Waals surface area contributed by atoms with Crippen molar-refractivity contribution in [2.24, 2.45) is 0 Å². The highest BCUT2D eigenvalue weighted by Crippen LogP contribution is 2.18. The smallest absolute Gasteiger partial charge is 0.135 e. The van der Waals surface area contributed by atoms with Gasteiger partial charge >= 0.3 is 0 Å². The van der Waals surface area contributed by atoms with Crippen molar-refractivity contribution in [2.45, 2.75) is 20.8 Å². The van der Waals surface area contributed by atoms with Gasteiger partial charge in [0, 0.05) is 18.9 Å². The Kier molecular flexibility index (Phi) is 2.71. The zero-order valence-corrected chi connectivity index (χ0v) is 8.76. The Hall–Kier alpha value is -1.31. The summed E-state index contributed by atoms with van der Waals surface area (Å²) in [7, 11) is 1.98. The zero-order valence-electron chi connectivity index (χ0n) is 8.76. The van der Waals surface area contributed by atoms with E-state index in [0.29, 0.717) is 0 Å². The molecule has 0 saturated heterocycles. The summed E-state index contributed by atoms with van der Waals surface area (Å²) < 4.78 is 0. The van der Waals surface area contributed by atoms with Gasteiger partial charge in [-0.15, -0.1) is 0 Å². The molecule has 0 aromatic carbocycles. The molecule has 2 nitrogen and oxygen atoms in total. The molecule has 0 atom stereocenters. The second kappa shape index (κ2) is 3.60. The predicted molar refractivity (Wildman–Crippen MR) is 56.9 cm³/mol. The minimum atomic E-state index is 0.984. The lowest BCUT2D eigenvalue weighted by Gasteiger charge is -2.19. The van der Waals surface area contributed by atoms with Gasteiger partial charge in [-0.1, -0.05) is 12.6 Å². The number of aryl methyl sites for hydroxylation is 2. The van der Waals surface area contributed by atoms with E-state index in [1.54, 1.807) is 0 Å². The minimum absolute atomic E-state index is 0.984. The molecular formula is C11H16N2. The number of hydrogen-bond acceptors (Lipinski definition) is 2. The first kappa shape index (κ1) is 9.78. The highest BCUT2D eigenvalue weighted by Gasteiger charge is 2.05. The molecular weight excluding hydrogens is 160 g/mol. The Morgan fingerprint density at radius 3 is 2.54 bits per heavy atom. The fourth-order valence-corrected chi connectivity index (χ4v) is 1.24. The molecule has 0 saturated carbocycles. The van der Waals surface area contributed by atoms with Crippen LogP contribution in [0.1, 0.15) is 18.1 Å². The normalized spacial score (nSPS) is 9.85. The van der Waals surface area contributed by atoms with Crippen molar-refractivity contribution in [3.63, 3.8) is 0 Å². The van der Waals surface area contributed by atoms with Gasteiger partial charge in [0.2, 0.25) is 0 Å². The molecule has 0 unspecified atom stereocenters. The van der Waals surface area contributed by atoms with E-state index in [1.807, 2.05) is 32.0 Å². The van der Waals surface area contributed by atoms with E-state index in [-0.39, 0.29) is 0 Å². The highest BCUT2D eigenvalue weighted by molar-refractivity contribution is 5.50. The minimum Gasteiger partial charge on any atom is -0.334 e. The van der Waals surface area contributed by atoms with Crippen LogP contribution in [0.15, 0.2) is 24.5 Å². The van der Waals surface area contributed by atoms with Crippen LogP contribution in [0.5, 0.6) is 0 Å². The van der Waals surface area contributed by atoms with Crippen LogP contribution in [-0.4, -0.2) is 12.0 Å². The van der Waals surface area contributed by atoms with Gasteiger partial charge < -0.3 is 4.90 Å². The van der Waals surface area contributed by atoms with Crippen molar-refractivity contribution in [3.05, 3.63) is 35.7 Å². The molecule has 0 amide bonds. The fraction of sp³-hybridized carbons (Fsp3) is 0.364. The third kappa shape index (κ3) is 2.08. The molecule has 70 valence electrons. The first-order chi connectivity index (χ1) is 6.02. The lowest BCUT2D eigenvalue weighted by Crippen LogP contribution is -2.15. The number of hydrogen-bond donors (Lipinski definition) is 0. The standard InChI is InChI=1S/C11H16N2/c1-8(2)13(5)11-10(4)6-9(3)7-12-11/h6-7H,1H2,2-5H3. The summed E-state index contributed by atoms with van der Waals surface area (Å²) in [6.45, 7) is 9.96. The van der Waals surface area contributed by atoms with Gasteiger partial charge in [-0.3, -0.25) is 0 Å². The number of pyridine rings is 1. The van der Waals surface area contributed by atoms with Crippen LogP contribution < -0.4 is 4.90 Å². The average Bonchev–Trinajstić information content (AvgIpc) is 2.03. The average molecular weight is 176 g/mol. The molecule has 0 aliphatic rings. The summed E-state index contributed by atoms with van der Waals surface area (Å²) in [6, 6.07) is 2.13. The van der Waals surface area contributed by atoms with Crippen molar-refractivity contribution in [3.8, 4) is 0 Å². The van der Waals surface area contributed by atoms with Crippen molar-refractivity contribution >= 4 is 5.82 Å². The Morgan fingerprint density at radius 2 is 2.08 bits per heavy atom. The summed E-state index contributed by atoms with van der Waals surface area (Å²) >= 11 is 0. The summed E-state index contributed by atoms with van der Waals surface area (Å²) in [5.41, 5.74) is 3.38. The Bertz CT molecular complexity index is 329. The molecule has 1 aromatic rings. The number of aromatic nitrogens is 1. The summed E-state index contributed by atoms with van der Waals surface area (Å²) in [6.07, 6.45) is 1.88. The molecule has 1 aromatic heterocycles. The van der Waals surface area contributed by atoms with Gasteiger partial charge in [0.05, 0.1) is 0 Å². The van der Waals surface area contributed by atoms with Gasteiger partial charge in [0.1, 0.15) is 5.82 Å². The molecule has 13 heavy (non-hydrogen) atoms. The van der Waals surface area contributed by atoms with E-state index in [4.69, 9.17) is 0 Å². The maximum Gasteiger partial charge on any atom is 0.135 e. The quantitative estimate of drug-likeness (QED) is 0.688. The monoisotopic (exact) mass is 176 g/mol. The molecule has 1 rings (SSSR count). The largest absolute Gasteiger partial charge is 0.334 e. The molecule has 0 radical (unpaired) electrons. The van der Waals surface area contributed by atoms with Crippen LogP contribution in [0.3, 0.4) is 0 Å². The Balaban J connectivity index is 3.08. The number of allylic oxidation sites excluding steroid dienone is 1. The van der Waals surface area contributed by atoms with Crippen LogP contribution >= 0.6 is 0 Å². The lowest BCUT2D eigenvalue weighted by molar-refractivity contribution is 1.03. The molecule has 0 aliphatic carbocycles. The molecule has 2 heteroatoms. The molecule has 0 fully saturated rings. The third-order valence-corrected chi connectivity index (χ3v) is 2.08. The van der Waals surface area contributed by atoms with Crippen LogP contribution in [-0.2, 0) is 0 Å². The SMILES string of the molecule is C=C(C)N(C)c1ncc(C)cc1C. The van der Waals surface area contributed by atoms with Crippen LogP contribution in [0.25, 0.3) is 0 Å². The number of nitrogens with zero attached hydrogens (tertiary/aromatic N) is 2. The van der Waals surface area contributed by atoms with Crippen molar-refractivity contribution in [2.75, 3.05) is 11.9 Å². The summed E-state index contributed by atoms with van der Waals surface area (Å²) in [5, 5.41) is 0. The molecule has 0 spiro atoms. The zero-order chi connectivity index (χ0) is 10.0. The van der Waals surface area contributed by atoms with Gasteiger partial charge in [-0.05, 0) is 31.9 Å². The Labute approximate surface area is 79.9 Å². The molecule has 0 bridgehead atoms. The summed E-state index contributed by atoms with van der Waals surface area (Å²) in [4.78, 5) is 6.36. The van der Waals surface area contributed by atoms with Crippen LogP contribution in [0.2, 0.25) is 0 Å². The maximum atomic E-state index is 4.36. The van der Waals surface area contributed by atoms with E-state index in [2.05, 4.69) is 24.6 Å². The van der Waals surface area contributed by atoms with E-state index >= 15 is 0 Å². The molecule has 0 aliphatic heterocycles. The fourth-order valence-electron chi connectivity index (χ4n) is 1.24. The second-order valence-corrected chi connectivity index (χ2v) is 3.45. The van der Waals surface area contributed by atoms with E-state index in [9.17, 15) is 0 Å². The first-order valence-corrected chi connectivity index (χ1v) is 4.35. The van der Waals surface area contributed by atoms with E-state index < -0.39 is 0 Å². The predicted octanol–water partition coefficient (Wildman–Crippen LogP) is 2.67. The second-order valence-electron chi connectivity index (χ2n) is 3.45. The van der Waals surface area contributed by atoms with E-state index in [0.717, 1.165) is 11.5 Å². The van der Waals surface area contributed by atoms with Crippen LogP contribution in [0.4, 0.5) is 5.82 Å². The molecule has 0 N–H and O–H groups in total. The van der Waals surface area contributed by atoms with Gasteiger partial charge in [-0.25, -0.2) is 4.98 Å². The highest BCUT2D eigenvalue weighted by atomic mass is 15.2. The van der Waals surface area contributed by atoms with Gasteiger partial charge in [-0.2, -0.15) is 0 Å². The van der Waals surface area contributed by atoms with E-state index in [1.165, 1.54) is 11.1 Å². The summed E-state index contributed by atoms with van der Waals surface area (Å²) in [5.74, 6) is 0.984. The topological polar surface area (TPSA) is 16.1 Å². The third-order valence-electron chi connectivity index (χ3n) is 2.08.